The van der Waals surface area contributed by atoms with Crippen LogP contribution in [0.5, 0.6) is 0 Å². The normalized spacial score (nSPS) is 10.8. The second-order valence-corrected chi connectivity index (χ2v) is 4.51. The van der Waals surface area contributed by atoms with Crippen molar-refractivity contribution in [3.05, 3.63) is 66.2 Å². The van der Waals surface area contributed by atoms with Crippen LogP contribution in [0, 0.1) is 0 Å². The Bertz CT molecular complexity index is 639. The highest BCUT2D eigenvalue weighted by molar-refractivity contribution is 6.30. The van der Waals surface area contributed by atoms with Crippen molar-refractivity contribution in [2.75, 3.05) is 14.1 Å². The number of amidine groups is 1. The van der Waals surface area contributed by atoms with E-state index < -0.39 is 0 Å². The Morgan fingerprint density at radius 3 is 2.00 bits per heavy atom. The lowest BCUT2D eigenvalue weighted by Crippen LogP contribution is -2.23. The molecule has 0 aliphatic carbocycles. The van der Waals surface area contributed by atoms with E-state index in [4.69, 9.17) is 0 Å². The number of carbonyl (C=O) groups excluding carboxylic acids is 1. The number of aliphatic imine (C=N–C) groups is 1. The van der Waals surface area contributed by atoms with Crippen molar-refractivity contribution < 1.29 is 4.79 Å². The van der Waals surface area contributed by atoms with Crippen molar-refractivity contribution >= 4 is 23.0 Å². The molecule has 0 saturated heterocycles. The topological polar surface area (TPSA) is 32.7 Å². The molecule has 0 heterocycles. The summed E-state index contributed by atoms with van der Waals surface area (Å²) >= 11 is 0. The fraction of sp³-hybridized carbons (Fsp3) is 0.118. The molecular weight excluding hydrogens is 248 g/mol. The maximum atomic E-state index is 11.4. The fourth-order valence-corrected chi connectivity index (χ4v) is 1.84. The molecule has 0 N–H and O–H groups in total. The number of nitrogens with zero attached hydrogens (tertiary/aromatic N) is 2. The van der Waals surface area contributed by atoms with Crippen LogP contribution in [0.4, 0.5) is 5.69 Å². The molecule has 100 valence electrons. The predicted octanol–water partition coefficient (Wildman–Crippen LogP) is 3.19. The summed E-state index contributed by atoms with van der Waals surface area (Å²) in [6.07, 6.45) is 0. The van der Waals surface area contributed by atoms with Gasteiger partial charge >= 0.3 is 0 Å². The largest absolute Gasteiger partial charge is 0.362 e. The predicted molar refractivity (Wildman–Crippen MR) is 82.8 cm³/mol. The number of para-hydroxylation sites is 1. The van der Waals surface area contributed by atoms with Gasteiger partial charge in [-0.15, -0.1) is 0 Å². The van der Waals surface area contributed by atoms with Gasteiger partial charge in [0.05, 0.1) is 5.69 Å². The first kappa shape index (κ1) is 13.8. The summed E-state index contributed by atoms with van der Waals surface area (Å²) in [5, 5.41) is 0. The highest BCUT2D eigenvalue weighted by Gasteiger charge is 2.13. The average molecular weight is 264 g/mol. The summed E-state index contributed by atoms with van der Waals surface area (Å²) < 4.78 is 0. The molecule has 0 fully saturated rings. The van der Waals surface area contributed by atoms with Crippen LogP contribution in [0.25, 0.3) is 5.57 Å². The molecular formula is C17H16N2O. The maximum Gasteiger partial charge on any atom is 0.147 e. The third-order valence-corrected chi connectivity index (χ3v) is 2.80. The minimum Gasteiger partial charge on any atom is -0.362 e. The Labute approximate surface area is 118 Å². The zero-order chi connectivity index (χ0) is 14.4. The highest BCUT2D eigenvalue weighted by atomic mass is 16.1. The van der Waals surface area contributed by atoms with Gasteiger partial charge in [0.15, 0.2) is 0 Å². The molecule has 0 radical (unpaired) electrons. The number of hydrogen-bond acceptors (Lipinski definition) is 2. The molecule has 0 aromatic heterocycles. The SMILES string of the molecule is CN(C)C(=Nc1ccccc1)C(=C=O)c1ccccc1. The second kappa shape index (κ2) is 6.50. The molecule has 0 aliphatic rings. The smallest absolute Gasteiger partial charge is 0.147 e. The maximum absolute atomic E-state index is 11.4. The van der Waals surface area contributed by atoms with Crippen molar-refractivity contribution in [3.63, 3.8) is 0 Å². The van der Waals surface area contributed by atoms with E-state index in [9.17, 15) is 4.79 Å². The molecule has 2 aromatic carbocycles. The molecule has 0 amide bonds. The van der Waals surface area contributed by atoms with E-state index in [-0.39, 0.29) is 0 Å². The number of rotatable bonds is 3. The lowest BCUT2D eigenvalue weighted by Gasteiger charge is -2.16. The molecule has 0 atom stereocenters. The van der Waals surface area contributed by atoms with Crippen LogP contribution < -0.4 is 0 Å². The first-order valence-corrected chi connectivity index (χ1v) is 6.34. The summed E-state index contributed by atoms with van der Waals surface area (Å²) in [4.78, 5) is 17.7. The first-order chi connectivity index (χ1) is 9.72. The Hall–Kier alpha value is -2.64. The molecule has 0 bridgehead atoms. The van der Waals surface area contributed by atoms with Gasteiger partial charge in [-0.25, -0.2) is 9.79 Å². The zero-order valence-electron chi connectivity index (χ0n) is 11.6. The number of likely N-dealkylation sites (N-methyl/N-ethyl adjacent to an activating group) is 1. The van der Waals surface area contributed by atoms with Gasteiger partial charge in [-0.2, -0.15) is 0 Å². The highest BCUT2D eigenvalue weighted by Crippen LogP contribution is 2.18. The van der Waals surface area contributed by atoms with Gasteiger partial charge < -0.3 is 4.90 Å². The molecule has 3 nitrogen and oxygen atoms in total. The quantitative estimate of drug-likeness (QED) is 0.484. The molecule has 2 aromatic rings. The van der Waals surface area contributed by atoms with Crippen LogP contribution in [0.2, 0.25) is 0 Å². The van der Waals surface area contributed by atoms with Crippen LogP contribution in [-0.4, -0.2) is 30.8 Å². The minimum atomic E-state index is 0.458. The summed E-state index contributed by atoms with van der Waals surface area (Å²) in [5.74, 6) is 2.61. The van der Waals surface area contributed by atoms with Crippen molar-refractivity contribution in [2.45, 2.75) is 0 Å². The van der Waals surface area contributed by atoms with E-state index >= 15 is 0 Å². The van der Waals surface area contributed by atoms with Gasteiger partial charge in [0, 0.05) is 14.1 Å². The Morgan fingerprint density at radius 1 is 0.950 bits per heavy atom. The molecule has 20 heavy (non-hydrogen) atoms. The summed E-state index contributed by atoms with van der Waals surface area (Å²) in [6.45, 7) is 0. The van der Waals surface area contributed by atoms with Crippen LogP contribution >= 0.6 is 0 Å². The molecule has 0 aliphatic heterocycles. The monoisotopic (exact) mass is 264 g/mol. The van der Waals surface area contributed by atoms with Gasteiger partial charge in [0.2, 0.25) is 0 Å². The molecule has 0 spiro atoms. The summed E-state index contributed by atoms with van der Waals surface area (Å²) in [7, 11) is 3.73. The lowest BCUT2D eigenvalue weighted by molar-refractivity contribution is 0.569. The van der Waals surface area contributed by atoms with Crippen molar-refractivity contribution in [1.29, 1.82) is 0 Å². The van der Waals surface area contributed by atoms with Crippen LogP contribution in [-0.2, 0) is 4.79 Å². The Morgan fingerprint density at radius 2 is 1.50 bits per heavy atom. The van der Waals surface area contributed by atoms with Crippen LogP contribution in [0.15, 0.2) is 65.7 Å². The average Bonchev–Trinajstić information content (AvgIpc) is 2.49. The molecule has 2 rings (SSSR count). The first-order valence-electron chi connectivity index (χ1n) is 6.34. The zero-order valence-corrected chi connectivity index (χ0v) is 11.6. The molecule has 0 unspecified atom stereocenters. The van der Waals surface area contributed by atoms with Crippen molar-refractivity contribution in [1.82, 2.24) is 4.90 Å². The van der Waals surface area contributed by atoms with E-state index in [1.165, 1.54) is 0 Å². The van der Waals surface area contributed by atoms with Crippen LogP contribution in [0.3, 0.4) is 0 Å². The second-order valence-electron chi connectivity index (χ2n) is 4.51. The molecule has 0 saturated carbocycles. The van der Waals surface area contributed by atoms with E-state index in [0.717, 1.165) is 11.3 Å². The number of hydrogen-bond donors (Lipinski definition) is 0. The molecule has 3 heteroatoms. The van der Waals surface area contributed by atoms with E-state index in [1.54, 1.807) is 0 Å². The van der Waals surface area contributed by atoms with E-state index in [0.29, 0.717) is 11.4 Å². The van der Waals surface area contributed by atoms with Gasteiger partial charge in [-0.05, 0) is 17.7 Å². The standard InChI is InChI=1S/C17H16N2O/c1-19(2)17(18-15-11-7-4-8-12-15)16(13-20)14-9-5-3-6-10-14/h3-12H,1-2H3. The third kappa shape index (κ3) is 3.22. The van der Waals surface area contributed by atoms with Gasteiger partial charge in [0.25, 0.3) is 0 Å². The van der Waals surface area contributed by atoms with Crippen molar-refractivity contribution in [3.8, 4) is 0 Å². The van der Waals surface area contributed by atoms with Gasteiger partial charge in [-0.3, -0.25) is 0 Å². The number of benzene rings is 2. The fourth-order valence-electron chi connectivity index (χ4n) is 1.84. The van der Waals surface area contributed by atoms with E-state index in [2.05, 4.69) is 4.99 Å². The van der Waals surface area contributed by atoms with Gasteiger partial charge in [-0.1, -0.05) is 48.5 Å². The summed E-state index contributed by atoms with van der Waals surface area (Å²) in [5.41, 5.74) is 2.07. The minimum absolute atomic E-state index is 0.458. The van der Waals surface area contributed by atoms with Gasteiger partial charge in [0.1, 0.15) is 17.4 Å². The summed E-state index contributed by atoms with van der Waals surface area (Å²) in [6, 6.07) is 19.0. The Kier molecular flexibility index (Phi) is 4.48. The lowest BCUT2D eigenvalue weighted by atomic mass is 10.1. The third-order valence-electron chi connectivity index (χ3n) is 2.80. The van der Waals surface area contributed by atoms with E-state index in [1.807, 2.05) is 85.6 Å². The van der Waals surface area contributed by atoms with Crippen molar-refractivity contribution in [2.24, 2.45) is 4.99 Å². The Balaban J connectivity index is 2.49. The van der Waals surface area contributed by atoms with Crippen LogP contribution in [0.1, 0.15) is 5.56 Å².